The molecule has 1 nitrogen and oxygen atoms in total. The van der Waals surface area contributed by atoms with Gasteiger partial charge in [0.1, 0.15) is 0 Å². The Morgan fingerprint density at radius 3 is 2.09 bits per heavy atom. The third kappa shape index (κ3) is 4.41. The summed E-state index contributed by atoms with van der Waals surface area (Å²) in [6.07, 6.45) is 3.76. The Hall–Kier alpha value is -0.0400. The third-order valence-electron chi connectivity index (χ3n) is 2.84. The van der Waals surface area contributed by atoms with E-state index in [0.717, 1.165) is 12.5 Å². The van der Waals surface area contributed by atoms with E-state index in [2.05, 4.69) is 27.7 Å². The first-order valence-electron chi connectivity index (χ1n) is 4.71. The predicted molar refractivity (Wildman–Crippen MR) is 51.5 cm³/mol. The summed E-state index contributed by atoms with van der Waals surface area (Å²) < 4.78 is 0. The van der Waals surface area contributed by atoms with Gasteiger partial charge in [-0.1, -0.05) is 34.1 Å². The number of rotatable bonds is 5. The average molecular weight is 157 g/mol. The van der Waals surface area contributed by atoms with Crippen LogP contribution in [0.4, 0.5) is 0 Å². The second-order valence-electron chi connectivity index (χ2n) is 4.39. The van der Waals surface area contributed by atoms with E-state index < -0.39 is 0 Å². The van der Waals surface area contributed by atoms with E-state index in [0.29, 0.717) is 5.41 Å². The van der Waals surface area contributed by atoms with E-state index in [9.17, 15) is 0 Å². The van der Waals surface area contributed by atoms with Gasteiger partial charge in [-0.3, -0.25) is 0 Å². The monoisotopic (exact) mass is 157 g/mol. The zero-order valence-corrected chi connectivity index (χ0v) is 8.48. The van der Waals surface area contributed by atoms with Gasteiger partial charge in [0.25, 0.3) is 0 Å². The molecule has 0 aliphatic heterocycles. The molecule has 11 heavy (non-hydrogen) atoms. The largest absolute Gasteiger partial charge is 0.330 e. The molecule has 0 rings (SSSR count). The molecule has 0 atom stereocenters. The Kier molecular flexibility index (Phi) is 4.74. The quantitative estimate of drug-likeness (QED) is 0.610. The van der Waals surface area contributed by atoms with Gasteiger partial charge in [0, 0.05) is 0 Å². The Morgan fingerprint density at radius 1 is 1.18 bits per heavy atom. The second-order valence-corrected chi connectivity index (χ2v) is 4.39. The van der Waals surface area contributed by atoms with Gasteiger partial charge in [-0.2, -0.15) is 0 Å². The van der Waals surface area contributed by atoms with Crippen molar-refractivity contribution in [3.05, 3.63) is 0 Å². The molecule has 1 heteroatoms. The van der Waals surface area contributed by atoms with Gasteiger partial charge in [-0.05, 0) is 30.7 Å². The van der Waals surface area contributed by atoms with Crippen molar-refractivity contribution in [1.29, 1.82) is 0 Å². The molecule has 0 heterocycles. The van der Waals surface area contributed by atoms with E-state index in [1.165, 1.54) is 19.3 Å². The molecule has 68 valence electrons. The molecule has 0 saturated heterocycles. The number of unbranched alkanes of at least 4 members (excludes halogenated alkanes) is 1. The lowest BCUT2D eigenvalue weighted by Gasteiger charge is -2.29. The molecule has 0 radical (unpaired) electrons. The summed E-state index contributed by atoms with van der Waals surface area (Å²) in [5.74, 6) is 0.778. The summed E-state index contributed by atoms with van der Waals surface area (Å²) in [5, 5.41) is 0. The summed E-state index contributed by atoms with van der Waals surface area (Å²) >= 11 is 0. The lowest BCUT2D eigenvalue weighted by molar-refractivity contribution is 0.222. The Bertz CT molecular complexity index is 95.0. The van der Waals surface area contributed by atoms with Gasteiger partial charge in [-0.25, -0.2) is 0 Å². The van der Waals surface area contributed by atoms with Crippen molar-refractivity contribution in [2.75, 3.05) is 6.54 Å². The highest BCUT2D eigenvalue weighted by molar-refractivity contribution is 4.71. The van der Waals surface area contributed by atoms with Gasteiger partial charge in [-0.15, -0.1) is 0 Å². The normalized spacial score (nSPS) is 12.5. The van der Waals surface area contributed by atoms with Gasteiger partial charge in [0.15, 0.2) is 0 Å². The van der Waals surface area contributed by atoms with E-state index in [1.807, 2.05) is 0 Å². The summed E-state index contributed by atoms with van der Waals surface area (Å²) in [4.78, 5) is 0. The standard InChI is InChI=1S/C10H23N/c1-9(2)10(3,4)7-5-6-8-11/h9H,5-8,11H2,1-4H3. The van der Waals surface area contributed by atoms with Crippen LogP contribution in [0.25, 0.3) is 0 Å². The van der Waals surface area contributed by atoms with Gasteiger partial charge < -0.3 is 5.73 Å². The minimum absolute atomic E-state index is 0.495. The van der Waals surface area contributed by atoms with Crippen LogP contribution in [-0.2, 0) is 0 Å². The first kappa shape index (κ1) is 11.0. The van der Waals surface area contributed by atoms with Crippen LogP contribution in [-0.4, -0.2) is 6.54 Å². The fourth-order valence-electron chi connectivity index (χ4n) is 1.01. The SMILES string of the molecule is CC(C)C(C)(C)CCCCN. The second kappa shape index (κ2) is 4.76. The summed E-state index contributed by atoms with van der Waals surface area (Å²) in [7, 11) is 0. The van der Waals surface area contributed by atoms with Crippen molar-refractivity contribution in [3.8, 4) is 0 Å². The van der Waals surface area contributed by atoms with Crippen LogP contribution in [0.3, 0.4) is 0 Å². The molecular weight excluding hydrogens is 134 g/mol. The van der Waals surface area contributed by atoms with Crippen molar-refractivity contribution in [1.82, 2.24) is 0 Å². The van der Waals surface area contributed by atoms with Crippen LogP contribution >= 0.6 is 0 Å². The molecule has 0 aliphatic carbocycles. The van der Waals surface area contributed by atoms with E-state index >= 15 is 0 Å². The maximum absolute atomic E-state index is 5.43. The van der Waals surface area contributed by atoms with E-state index in [4.69, 9.17) is 5.73 Å². The molecule has 2 N–H and O–H groups in total. The van der Waals surface area contributed by atoms with Gasteiger partial charge in [0.2, 0.25) is 0 Å². The smallest absolute Gasteiger partial charge is 0.00773 e. The molecule has 0 aromatic heterocycles. The first-order valence-corrected chi connectivity index (χ1v) is 4.71. The molecule has 0 spiro atoms. The molecule has 0 saturated carbocycles. The van der Waals surface area contributed by atoms with Crippen LogP contribution in [0.5, 0.6) is 0 Å². The van der Waals surface area contributed by atoms with E-state index in [1.54, 1.807) is 0 Å². The number of nitrogens with two attached hydrogens (primary N) is 1. The highest BCUT2D eigenvalue weighted by atomic mass is 14.5. The fourth-order valence-corrected chi connectivity index (χ4v) is 1.01. The molecule has 0 aliphatic rings. The van der Waals surface area contributed by atoms with Crippen molar-refractivity contribution in [3.63, 3.8) is 0 Å². The molecule has 0 amide bonds. The van der Waals surface area contributed by atoms with E-state index in [-0.39, 0.29) is 0 Å². The summed E-state index contributed by atoms with van der Waals surface area (Å²) in [6.45, 7) is 10.1. The molecule has 0 aromatic carbocycles. The minimum atomic E-state index is 0.495. The van der Waals surface area contributed by atoms with Crippen LogP contribution < -0.4 is 5.73 Å². The highest BCUT2D eigenvalue weighted by Gasteiger charge is 2.20. The Labute approximate surface area is 71.4 Å². The van der Waals surface area contributed by atoms with Gasteiger partial charge >= 0.3 is 0 Å². The molecule has 0 fully saturated rings. The zero-order valence-electron chi connectivity index (χ0n) is 8.48. The minimum Gasteiger partial charge on any atom is -0.330 e. The van der Waals surface area contributed by atoms with Gasteiger partial charge in [0.05, 0.1) is 0 Å². The molecular formula is C10H23N. The Morgan fingerprint density at radius 2 is 1.73 bits per heavy atom. The Balaban J connectivity index is 3.55. The maximum Gasteiger partial charge on any atom is -0.00773 e. The first-order chi connectivity index (χ1) is 5.00. The maximum atomic E-state index is 5.43. The van der Waals surface area contributed by atoms with Crippen molar-refractivity contribution >= 4 is 0 Å². The summed E-state index contributed by atoms with van der Waals surface area (Å²) in [6, 6.07) is 0. The lowest BCUT2D eigenvalue weighted by Crippen LogP contribution is -2.19. The summed E-state index contributed by atoms with van der Waals surface area (Å²) in [5.41, 5.74) is 5.93. The number of hydrogen-bond acceptors (Lipinski definition) is 1. The predicted octanol–water partition coefficient (Wildman–Crippen LogP) is 2.80. The third-order valence-corrected chi connectivity index (χ3v) is 2.84. The van der Waals surface area contributed by atoms with Crippen molar-refractivity contribution in [2.45, 2.75) is 47.0 Å². The van der Waals surface area contributed by atoms with Crippen molar-refractivity contribution < 1.29 is 0 Å². The zero-order chi connectivity index (χ0) is 8.91. The molecule has 0 bridgehead atoms. The van der Waals surface area contributed by atoms with Crippen LogP contribution in [0, 0.1) is 11.3 Å². The average Bonchev–Trinajstić information content (AvgIpc) is 1.88. The topological polar surface area (TPSA) is 26.0 Å². The lowest BCUT2D eigenvalue weighted by atomic mass is 9.77. The fraction of sp³-hybridized carbons (Fsp3) is 1.00. The highest BCUT2D eigenvalue weighted by Crippen LogP contribution is 2.31. The van der Waals surface area contributed by atoms with Crippen LogP contribution in [0.2, 0.25) is 0 Å². The number of hydrogen-bond donors (Lipinski definition) is 1. The van der Waals surface area contributed by atoms with Crippen LogP contribution in [0.1, 0.15) is 47.0 Å². The van der Waals surface area contributed by atoms with Crippen molar-refractivity contribution in [2.24, 2.45) is 17.1 Å². The van der Waals surface area contributed by atoms with Crippen LogP contribution in [0.15, 0.2) is 0 Å². The molecule has 0 aromatic rings. The molecule has 0 unspecified atom stereocenters.